The third-order valence-electron chi connectivity index (χ3n) is 3.71. The van der Waals surface area contributed by atoms with Crippen molar-refractivity contribution in [2.24, 2.45) is 10.1 Å². The Labute approximate surface area is 146 Å². The fourth-order valence-corrected chi connectivity index (χ4v) is 2.50. The van der Waals surface area contributed by atoms with Gasteiger partial charge in [-0.2, -0.15) is 0 Å². The predicted molar refractivity (Wildman–Crippen MR) is 100 cm³/mol. The number of rotatable bonds is 5. The van der Waals surface area contributed by atoms with E-state index < -0.39 is 0 Å². The molecule has 4 nitrogen and oxygen atoms in total. The summed E-state index contributed by atoms with van der Waals surface area (Å²) in [6.45, 7) is 0. The maximum absolute atomic E-state index is 9.67. The van der Waals surface area contributed by atoms with Gasteiger partial charge in [0.2, 0.25) is 0 Å². The number of methoxy groups -OCH3 is 1. The van der Waals surface area contributed by atoms with Gasteiger partial charge in [0, 0.05) is 17.2 Å². The van der Waals surface area contributed by atoms with E-state index in [4.69, 9.17) is 9.73 Å². The lowest BCUT2D eigenvalue weighted by molar-refractivity contribution is 0.320. The van der Waals surface area contributed by atoms with Crippen molar-refractivity contribution in [2.75, 3.05) is 7.11 Å². The van der Waals surface area contributed by atoms with Crippen LogP contribution in [0, 0.1) is 0 Å². The van der Waals surface area contributed by atoms with Crippen LogP contribution in [0.5, 0.6) is 5.75 Å². The van der Waals surface area contributed by atoms with Crippen LogP contribution in [-0.2, 0) is 0 Å². The maximum atomic E-state index is 9.67. The molecule has 0 amide bonds. The average molecular weight is 330 g/mol. The molecule has 3 rings (SSSR count). The minimum Gasteiger partial charge on any atom is -0.497 e. The van der Waals surface area contributed by atoms with Crippen molar-refractivity contribution in [3.05, 3.63) is 96.1 Å². The van der Waals surface area contributed by atoms with Crippen LogP contribution in [0.25, 0.3) is 0 Å². The number of aliphatic imine (C=N–C) groups is 1. The second-order valence-corrected chi connectivity index (χ2v) is 5.34. The van der Waals surface area contributed by atoms with E-state index in [2.05, 4.69) is 5.16 Å². The van der Waals surface area contributed by atoms with Crippen LogP contribution in [0.15, 0.2) is 95.1 Å². The number of benzene rings is 3. The van der Waals surface area contributed by atoms with E-state index in [1.165, 1.54) is 0 Å². The van der Waals surface area contributed by atoms with Crippen molar-refractivity contribution in [2.45, 2.75) is 0 Å². The first-order valence-corrected chi connectivity index (χ1v) is 7.88. The molecule has 4 heteroatoms. The quantitative estimate of drug-likeness (QED) is 0.419. The van der Waals surface area contributed by atoms with Gasteiger partial charge in [0.1, 0.15) is 17.2 Å². The molecule has 3 aromatic rings. The summed E-state index contributed by atoms with van der Waals surface area (Å²) in [7, 11) is 1.62. The molecule has 0 aliphatic heterocycles. The fourth-order valence-electron chi connectivity index (χ4n) is 2.50. The van der Waals surface area contributed by atoms with Gasteiger partial charge in [0.25, 0.3) is 0 Å². The number of nitrogens with zero attached hydrogens (tertiary/aromatic N) is 2. The van der Waals surface area contributed by atoms with Crippen molar-refractivity contribution in [3.63, 3.8) is 0 Å². The topological polar surface area (TPSA) is 54.2 Å². The van der Waals surface area contributed by atoms with Crippen LogP contribution in [0.1, 0.15) is 11.1 Å². The minimum absolute atomic E-state index is 0.412. The zero-order chi connectivity index (χ0) is 17.5. The Morgan fingerprint density at radius 1 is 0.760 bits per heavy atom. The normalized spacial score (nSPS) is 12.0. The van der Waals surface area contributed by atoms with Gasteiger partial charge in [-0.15, -0.1) is 0 Å². The summed E-state index contributed by atoms with van der Waals surface area (Å²) in [6, 6.07) is 26.6. The van der Waals surface area contributed by atoms with Gasteiger partial charge in [-0.1, -0.05) is 71.9 Å². The number of ether oxygens (including phenoxy) is 1. The molecule has 3 aromatic carbocycles. The Bertz CT molecular complexity index is 888. The van der Waals surface area contributed by atoms with Gasteiger partial charge < -0.3 is 9.94 Å². The third kappa shape index (κ3) is 3.93. The van der Waals surface area contributed by atoms with E-state index in [-0.39, 0.29) is 0 Å². The number of oxime groups is 1. The van der Waals surface area contributed by atoms with Gasteiger partial charge in [0.05, 0.1) is 12.8 Å². The monoisotopic (exact) mass is 330 g/mol. The average Bonchev–Trinajstić information content (AvgIpc) is 2.69. The molecule has 0 saturated carbocycles. The molecular weight excluding hydrogens is 312 g/mol. The molecule has 0 radical (unpaired) electrons. The van der Waals surface area contributed by atoms with Gasteiger partial charge in [-0.05, 0) is 12.1 Å². The highest BCUT2D eigenvalue weighted by Crippen LogP contribution is 2.22. The summed E-state index contributed by atoms with van der Waals surface area (Å²) >= 11 is 0. The number of hydrogen-bond acceptors (Lipinski definition) is 4. The van der Waals surface area contributed by atoms with Crippen molar-refractivity contribution < 1.29 is 9.94 Å². The summed E-state index contributed by atoms with van der Waals surface area (Å²) in [4.78, 5) is 4.73. The third-order valence-corrected chi connectivity index (χ3v) is 3.71. The molecule has 0 heterocycles. The van der Waals surface area contributed by atoms with E-state index in [9.17, 15) is 5.21 Å². The van der Waals surface area contributed by atoms with Crippen molar-refractivity contribution >= 4 is 17.1 Å². The molecule has 0 fully saturated rings. The second-order valence-electron chi connectivity index (χ2n) is 5.34. The lowest BCUT2D eigenvalue weighted by Gasteiger charge is -2.10. The summed E-state index contributed by atoms with van der Waals surface area (Å²) in [6.07, 6.45) is 0. The van der Waals surface area contributed by atoms with Crippen LogP contribution in [0.3, 0.4) is 0 Å². The lowest BCUT2D eigenvalue weighted by Crippen LogP contribution is -2.17. The fraction of sp³-hybridized carbons (Fsp3) is 0.0476. The molecule has 0 unspecified atom stereocenters. The number of hydrogen-bond donors (Lipinski definition) is 1. The molecule has 0 aromatic heterocycles. The summed E-state index contributed by atoms with van der Waals surface area (Å²) in [5.74, 6) is 0.718. The first kappa shape index (κ1) is 16.5. The zero-order valence-electron chi connectivity index (χ0n) is 13.8. The van der Waals surface area contributed by atoms with Crippen LogP contribution in [-0.4, -0.2) is 23.7 Å². The molecular formula is C21H18N2O2. The Balaban J connectivity index is 2.14. The minimum atomic E-state index is 0.412. The first-order chi connectivity index (χ1) is 12.3. The Morgan fingerprint density at radius 2 is 1.36 bits per heavy atom. The molecule has 0 atom stereocenters. The maximum Gasteiger partial charge on any atom is 0.136 e. The molecule has 0 spiro atoms. The van der Waals surface area contributed by atoms with Crippen LogP contribution in [0.2, 0.25) is 0 Å². The smallest absolute Gasteiger partial charge is 0.136 e. The summed E-state index contributed by atoms with van der Waals surface area (Å²) in [5.41, 5.74) is 3.37. The van der Waals surface area contributed by atoms with Gasteiger partial charge >= 0.3 is 0 Å². The summed E-state index contributed by atoms with van der Waals surface area (Å²) < 4.78 is 5.26. The molecule has 1 N–H and O–H groups in total. The SMILES string of the molecule is COc1cccc(N=C(/C(=N/O)c2ccccc2)c2ccccc2)c1. The zero-order valence-corrected chi connectivity index (χ0v) is 13.8. The van der Waals surface area contributed by atoms with Crippen LogP contribution < -0.4 is 4.74 Å². The van der Waals surface area contributed by atoms with Crippen LogP contribution >= 0.6 is 0 Å². The molecule has 0 aliphatic rings. The van der Waals surface area contributed by atoms with Gasteiger partial charge in [-0.3, -0.25) is 0 Å². The van der Waals surface area contributed by atoms with Crippen molar-refractivity contribution in [1.82, 2.24) is 0 Å². The van der Waals surface area contributed by atoms with E-state index in [0.717, 1.165) is 22.6 Å². The summed E-state index contributed by atoms with van der Waals surface area (Å²) in [5, 5.41) is 13.2. The molecule has 0 bridgehead atoms. The van der Waals surface area contributed by atoms with Crippen molar-refractivity contribution in [3.8, 4) is 5.75 Å². The molecule has 0 saturated heterocycles. The van der Waals surface area contributed by atoms with Gasteiger partial charge in [-0.25, -0.2) is 4.99 Å². The standard InChI is InChI=1S/C21H18N2O2/c1-25-19-14-8-13-18(15-19)22-20(16-9-4-2-5-10-16)21(23-24)17-11-6-3-7-12-17/h2-15,24H,1H3/b22-20?,23-21+. The van der Waals surface area contributed by atoms with E-state index in [0.29, 0.717) is 11.4 Å². The van der Waals surface area contributed by atoms with E-state index in [1.807, 2.05) is 84.9 Å². The van der Waals surface area contributed by atoms with E-state index in [1.54, 1.807) is 7.11 Å². The lowest BCUT2D eigenvalue weighted by atomic mass is 9.99. The Hall–Kier alpha value is -3.40. The Morgan fingerprint density at radius 3 is 1.92 bits per heavy atom. The van der Waals surface area contributed by atoms with Gasteiger partial charge in [0.15, 0.2) is 0 Å². The van der Waals surface area contributed by atoms with E-state index >= 15 is 0 Å². The van der Waals surface area contributed by atoms with Crippen molar-refractivity contribution in [1.29, 1.82) is 0 Å². The first-order valence-electron chi connectivity index (χ1n) is 7.88. The highest BCUT2D eigenvalue weighted by molar-refractivity contribution is 6.53. The van der Waals surface area contributed by atoms with Crippen LogP contribution in [0.4, 0.5) is 5.69 Å². The highest BCUT2D eigenvalue weighted by atomic mass is 16.5. The largest absolute Gasteiger partial charge is 0.497 e. The highest BCUT2D eigenvalue weighted by Gasteiger charge is 2.15. The Kier molecular flexibility index (Phi) is 5.22. The molecule has 124 valence electrons. The second kappa shape index (κ2) is 7.93. The molecule has 25 heavy (non-hydrogen) atoms. The molecule has 0 aliphatic carbocycles. The predicted octanol–water partition coefficient (Wildman–Crippen LogP) is 4.69.